The Hall–Kier alpha value is -1.71. The van der Waals surface area contributed by atoms with E-state index in [1.807, 2.05) is 30.3 Å². The molecule has 0 amide bonds. The van der Waals surface area contributed by atoms with E-state index >= 15 is 0 Å². The smallest absolute Gasteiger partial charge is 0.166 e. The molecule has 0 spiro atoms. The van der Waals surface area contributed by atoms with Crippen LogP contribution in [0.15, 0.2) is 42.5 Å². The molecule has 2 unspecified atom stereocenters. The van der Waals surface area contributed by atoms with Crippen LogP contribution in [0.1, 0.15) is 63.5 Å². The number of rotatable bonds is 7. The highest BCUT2D eigenvalue weighted by Gasteiger charge is 2.59. The van der Waals surface area contributed by atoms with Crippen molar-refractivity contribution in [3.8, 4) is 11.5 Å². The Bertz CT molecular complexity index is 938. The van der Waals surface area contributed by atoms with Crippen LogP contribution in [0.3, 0.4) is 0 Å². The minimum Gasteiger partial charge on any atom is -0.493 e. The second kappa shape index (κ2) is 7.71. The monoisotopic (exact) mass is 439 g/mol. The van der Waals surface area contributed by atoms with Gasteiger partial charge in [0.25, 0.3) is 0 Å². The van der Waals surface area contributed by atoms with Crippen molar-refractivity contribution < 1.29 is 9.47 Å². The number of hydrogen-bond donors (Lipinski definition) is 1. The summed E-state index contributed by atoms with van der Waals surface area (Å²) in [4.78, 5) is 0. The topological polar surface area (TPSA) is 30.5 Å². The van der Waals surface area contributed by atoms with Gasteiger partial charge >= 0.3 is 0 Å². The van der Waals surface area contributed by atoms with Gasteiger partial charge in [0.05, 0.1) is 7.11 Å². The average Bonchev–Trinajstić information content (AvgIpc) is 2.69. The van der Waals surface area contributed by atoms with E-state index in [2.05, 4.69) is 31.3 Å². The number of nitrogens with one attached hydrogen (secondary N) is 1. The summed E-state index contributed by atoms with van der Waals surface area (Å²) in [5.74, 6) is 2.51. The molecule has 31 heavy (non-hydrogen) atoms. The first-order chi connectivity index (χ1) is 14.8. The predicted molar refractivity (Wildman–Crippen MR) is 126 cm³/mol. The van der Waals surface area contributed by atoms with Gasteiger partial charge < -0.3 is 14.8 Å². The fraction of sp³-hybridized carbons (Fsp3) is 0.556. The second-order valence-corrected chi connectivity index (χ2v) is 11.6. The number of para-hydroxylation sites is 1. The molecule has 4 atom stereocenters. The van der Waals surface area contributed by atoms with Crippen LogP contribution >= 0.6 is 11.6 Å². The summed E-state index contributed by atoms with van der Waals surface area (Å²) in [5.41, 5.74) is 3.53. The van der Waals surface area contributed by atoms with Crippen LogP contribution in [0, 0.1) is 16.7 Å². The lowest BCUT2D eigenvalue weighted by Gasteiger charge is -2.65. The predicted octanol–water partition coefficient (Wildman–Crippen LogP) is 6.77. The van der Waals surface area contributed by atoms with Gasteiger partial charge in [0.15, 0.2) is 11.5 Å². The summed E-state index contributed by atoms with van der Waals surface area (Å²) in [6, 6.07) is 14.0. The van der Waals surface area contributed by atoms with Crippen LogP contribution in [-0.2, 0) is 13.2 Å². The maximum absolute atomic E-state index is 6.29. The van der Waals surface area contributed by atoms with Crippen LogP contribution in [0.25, 0.3) is 0 Å². The molecule has 4 heteroatoms. The minimum absolute atomic E-state index is 0.263. The molecule has 2 aromatic carbocycles. The highest BCUT2D eigenvalue weighted by atomic mass is 35.5. The van der Waals surface area contributed by atoms with Crippen molar-refractivity contribution in [2.24, 2.45) is 16.7 Å². The molecule has 0 radical (unpaired) electrons. The highest BCUT2D eigenvalue weighted by Crippen LogP contribution is 2.66. The van der Waals surface area contributed by atoms with Crippen molar-refractivity contribution >= 4 is 11.6 Å². The van der Waals surface area contributed by atoms with Crippen molar-refractivity contribution in [3.05, 3.63) is 58.6 Å². The highest BCUT2D eigenvalue weighted by molar-refractivity contribution is 6.30. The van der Waals surface area contributed by atoms with Crippen molar-refractivity contribution in [3.63, 3.8) is 0 Å². The zero-order valence-corrected chi connectivity index (χ0v) is 19.7. The standard InChI is InChI=1S/C27H34ClNO2/c1-25-11-20-12-26(2,16-25)18-27(13-20,17-25)29-14-21-5-4-6-23(30-3)24(21)31-15-19-7-9-22(28)10-8-19/h4-10,20,29H,11-18H2,1-3H3/t20?,25-,26+,27?. The van der Waals surface area contributed by atoms with E-state index in [9.17, 15) is 0 Å². The van der Waals surface area contributed by atoms with E-state index in [1.165, 1.54) is 44.1 Å². The molecule has 3 nitrogen and oxygen atoms in total. The molecule has 1 N–H and O–H groups in total. The SMILES string of the molecule is COc1cccc(CNC23CC4C[C@@](C)(C2)C[C@](C)(C4)C3)c1OCc1ccc(Cl)cc1. The van der Waals surface area contributed by atoms with Gasteiger partial charge in [-0.05, 0) is 79.0 Å². The summed E-state index contributed by atoms with van der Waals surface area (Å²) in [5, 5.41) is 4.78. The zero-order chi connectivity index (χ0) is 21.7. The Labute approximate surface area is 191 Å². The van der Waals surface area contributed by atoms with Crippen molar-refractivity contribution in [2.75, 3.05) is 7.11 Å². The Morgan fingerprint density at radius 1 is 0.968 bits per heavy atom. The number of benzene rings is 2. The Balaban J connectivity index is 1.34. The van der Waals surface area contributed by atoms with E-state index in [0.717, 1.165) is 34.5 Å². The fourth-order valence-electron chi connectivity index (χ4n) is 7.69. The van der Waals surface area contributed by atoms with Gasteiger partial charge in [-0.15, -0.1) is 0 Å². The zero-order valence-electron chi connectivity index (χ0n) is 19.0. The van der Waals surface area contributed by atoms with E-state index in [4.69, 9.17) is 21.1 Å². The van der Waals surface area contributed by atoms with Gasteiger partial charge in [0.1, 0.15) is 6.61 Å². The first-order valence-electron chi connectivity index (χ1n) is 11.6. The molecule has 0 heterocycles. The molecule has 4 saturated carbocycles. The lowest BCUT2D eigenvalue weighted by atomic mass is 9.43. The lowest BCUT2D eigenvalue weighted by molar-refractivity contribution is -0.118. The van der Waals surface area contributed by atoms with Gasteiger partial charge in [-0.1, -0.05) is 49.7 Å². The molecular weight excluding hydrogens is 406 g/mol. The van der Waals surface area contributed by atoms with Crippen LogP contribution < -0.4 is 14.8 Å². The Morgan fingerprint density at radius 2 is 1.68 bits per heavy atom. The Morgan fingerprint density at radius 3 is 2.32 bits per heavy atom. The maximum Gasteiger partial charge on any atom is 0.166 e. The second-order valence-electron chi connectivity index (χ2n) is 11.1. The van der Waals surface area contributed by atoms with Crippen LogP contribution in [0.5, 0.6) is 11.5 Å². The largest absolute Gasteiger partial charge is 0.493 e. The van der Waals surface area contributed by atoms with Crippen molar-refractivity contribution in [2.45, 2.75) is 71.1 Å². The molecule has 0 aromatic heterocycles. The molecule has 166 valence electrons. The summed E-state index contributed by atoms with van der Waals surface area (Å²) >= 11 is 6.02. The van der Waals surface area contributed by atoms with Gasteiger partial charge in [-0.25, -0.2) is 0 Å². The Kier molecular flexibility index (Phi) is 5.26. The molecule has 2 aromatic rings. The van der Waals surface area contributed by atoms with E-state index < -0.39 is 0 Å². The summed E-state index contributed by atoms with van der Waals surface area (Å²) in [6.45, 7) is 6.36. The average molecular weight is 440 g/mol. The number of halogens is 1. The summed E-state index contributed by atoms with van der Waals surface area (Å²) < 4.78 is 11.9. The molecule has 0 aliphatic heterocycles. The normalized spacial score (nSPS) is 33.5. The van der Waals surface area contributed by atoms with Crippen LogP contribution in [0.2, 0.25) is 5.02 Å². The summed E-state index contributed by atoms with van der Waals surface area (Å²) in [7, 11) is 1.71. The lowest BCUT2D eigenvalue weighted by Crippen LogP contribution is -2.63. The molecule has 4 bridgehead atoms. The quantitative estimate of drug-likeness (QED) is 0.516. The van der Waals surface area contributed by atoms with E-state index in [1.54, 1.807) is 7.11 Å². The van der Waals surface area contributed by atoms with Gasteiger partial charge in [-0.3, -0.25) is 0 Å². The summed E-state index contributed by atoms with van der Waals surface area (Å²) in [6.07, 6.45) is 8.16. The van der Waals surface area contributed by atoms with Crippen molar-refractivity contribution in [1.29, 1.82) is 0 Å². The first-order valence-corrected chi connectivity index (χ1v) is 12.0. The maximum atomic E-state index is 6.29. The third-order valence-corrected chi connectivity index (χ3v) is 8.11. The number of methoxy groups -OCH3 is 1. The molecule has 4 aliphatic rings. The van der Waals surface area contributed by atoms with Crippen LogP contribution in [-0.4, -0.2) is 12.6 Å². The van der Waals surface area contributed by atoms with Crippen LogP contribution in [0.4, 0.5) is 0 Å². The molecule has 6 rings (SSSR count). The van der Waals surface area contributed by atoms with E-state index in [0.29, 0.717) is 17.4 Å². The number of hydrogen-bond acceptors (Lipinski definition) is 3. The first kappa shape index (κ1) is 21.2. The fourth-order valence-corrected chi connectivity index (χ4v) is 7.81. The third-order valence-electron chi connectivity index (χ3n) is 7.86. The van der Waals surface area contributed by atoms with Crippen molar-refractivity contribution in [1.82, 2.24) is 5.32 Å². The molecule has 4 aliphatic carbocycles. The van der Waals surface area contributed by atoms with Gasteiger partial charge in [0.2, 0.25) is 0 Å². The van der Waals surface area contributed by atoms with Gasteiger partial charge in [0, 0.05) is 22.7 Å². The molecular formula is C27H34ClNO2. The molecule has 4 fully saturated rings. The molecule has 0 saturated heterocycles. The third kappa shape index (κ3) is 4.19. The number of ether oxygens (including phenoxy) is 2. The minimum atomic E-state index is 0.263. The van der Waals surface area contributed by atoms with Gasteiger partial charge in [-0.2, -0.15) is 0 Å². The van der Waals surface area contributed by atoms with E-state index in [-0.39, 0.29) is 5.54 Å².